The summed E-state index contributed by atoms with van der Waals surface area (Å²) in [5.74, 6) is 1.79. The van der Waals surface area contributed by atoms with Crippen LogP contribution in [-0.2, 0) is 0 Å². The van der Waals surface area contributed by atoms with Crippen molar-refractivity contribution in [3.05, 3.63) is 72.9 Å². The molecule has 11 nitrogen and oxygen atoms in total. The fraction of sp³-hybridized carbons (Fsp3) is 0.192. The van der Waals surface area contributed by atoms with E-state index in [2.05, 4.69) is 46.7 Å². The fourth-order valence-electron chi connectivity index (χ4n) is 5.36. The lowest BCUT2D eigenvalue weighted by Gasteiger charge is -2.36. The molecule has 4 aromatic heterocycles. The monoisotopic (exact) mass is 487 g/mol. The summed E-state index contributed by atoms with van der Waals surface area (Å²) in [6.45, 7) is 1.42. The molecule has 2 aliphatic heterocycles. The van der Waals surface area contributed by atoms with Gasteiger partial charge in [-0.1, -0.05) is 30.3 Å². The van der Waals surface area contributed by atoms with E-state index >= 15 is 0 Å². The third-order valence-corrected chi connectivity index (χ3v) is 7.02. The number of imidazole rings is 1. The minimum absolute atomic E-state index is 0.122. The maximum absolute atomic E-state index is 9.21. The maximum atomic E-state index is 9.21. The lowest BCUT2D eigenvalue weighted by molar-refractivity contribution is 0.523. The summed E-state index contributed by atoms with van der Waals surface area (Å²) in [4.78, 5) is 29.0. The number of nitrogens with two attached hydrogens (primary N) is 1. The van der Waals surface area contributed by atoms with Crippen LogP contribution in [0.3, 0.4) is 0 Å². The summed E-state index contributed by atoms with van der Waals surface area (Å²) in [7, 11) is 0. The van der Waals surface area contributed by atoms with Crippen LogP contribution in [0.1, 0.15) is 12.2 Å². The number of nitriles is 1. The second-order valence-corrected chi connectivity index (χ2v) is 9.13. The molecule has 7 rings (SSSR count). The summed E-state index contributed by atoms with van der Waals surface area (Å²) in [5, 5.41) is 11.5. The van der Waals surface area contributed by atoms with Gasteiger partial charge in [0.1, 0.15) is 23.7 Å². The average Bonchev–Trinajstić information content (AvgIpc) is 3.66. The molecule has 2 saturated heterocycles. The number of hydrogen-bond donors (Lipinski definition) is 1. The molecule has 2 aliphatic rings. The van der Waals surface area contributed by atoms with E-state index in [0.717, 1.165) is 34.4 Å². The summed E-state index contributed by atoms with van der Waals surface area (Å²) >= 11 is 0. The van der Waals surface area contributed by atoms with Crippen molar-refractivity contribution in [3.8, 4) is 28.7 Å². The van der Waals surface area contributed by atoms with Gasteiger partial charge in [0.15, 0.2) is 11.5 Å². The Bertz CT molecular complexity index is 1670. The molecule has 0 unspecified atom stereocenters. The van der Waals surface area contributed by atoms with E-state index in [4.69, 9.17) is 15.7 Å². The van der Waals surface area contributed by atoms with Crippen LogP contribution in [0.25, 0.3) is 33.8 Å². The highest BCUT2D eigenvalue weighted by Gasteiger charge is 2.46. The summed E-state index contributed by atoms with van der Waals surface area (Å²) in [5.41, 5.74) is 10.5. The van der Waals surface area contributed by atoms with Crippen LogP contribution in [0, 0.1) is 11.3 Å². The molecule has 11 heteroatoms. The Labute approximate surface area is 211 Å². The third kappa shape index (κ3) is 3.41. The van der Waals surface area contributed by atoms with E-state index in [0.29, 0.717) is 30.7 Å². The summed E-state index contributed by atoms with van der Waals surface area (Å²) in [6, 6.07) is 20.3. The number of hydrogen-bond acceptors (Lipinski definition) is 10. The molecule has 2 bridgehead atoms. The molecular formula is C26H21N11. The lowest BCUT2D eigenvalue weighted by atomic mass is 10.1. The van der Waals surface area contributed by atoms with Crippen molar-refractivity contribution in [1.82, 2.24) is 34.6 Å². The van der Waals surface area contributed by atoms with Crippen molar-refractivity contribution in [2.75, 3.05) is 28.7 Å². The second-order valence-electron chi connectivity index (χ2n) is 9.13. The standard InChI is InChI=1S/C26H21N11/c27-12-22-30-15-31-26(34-22)35-13-18-11-17(35)14-36(18)37-24(19-7-4-10-29-23(19)28)33-21-9-8-20(32-25(21)37)16-5-2-1-3-6-16/h1-10,15,17-18H,11,13-14H2,(H2,28,29)/t17-,18-/m1/s1. The average molecular weight is 488 g/mol. The van der Waals surface area contributed by atoms with Crippen molar-refractivity contribution in [2.24, 2.45) is 0 Å². The number of nitrogens with zero attached hydrogens (tertiary/aromatic N) is 10. The molecule has 2 fully saturated rings. The molecule has 180 valence electrons. The molecule has 2 N–H and O–H groups in total. The molecule has 0 amide bonds. The zero-order valence-electron chi connectivity index (χ0n) is 19.7. The highest BCUT2D eigenvalue weighted by molar-refractivity contribution is 5.83. The minimum atomic E-state index is 0.122. The molecule has 0 saturated carbocycles. The topological polar surface area (TPSA) is 139 Å². The van der Waals surface area contributed by atoms with Gasteiger partial charge in [0.2, 0.25) is 11.8 Å². The Morgan fingerprint density at radius 1 is 0.892 bits per heavy atom. The van der Waals surface area contributed by atoms with Crippen LogP contribution in [0.5, 0.6) is 0 Å². The van der Waals surface area contributed by atoms with Crippen LogP contribution in [0.4, 0.5) is 11.8 Å². The first-order valence-corrected chi connectivity index (χ1v) is 12.0. The van der Waals surface area contributed by atoms with Gasteiger partial charge >= 0.3 is 0 Å². The van der Waals surface area contributed by atoms with Gasteiger partial charge in [-0.15, -0.1) is 0 Å². The molecule has 6 heterocycles. The van der Waals surface area contributed by atoms with E-state index < -0.39 is 0 Å². The predicted molar refractivity (Wildman–Crippen MR) is 138 cm³/mol. The van der Waals surface area contributed by atoms with Gasteiger partial charge in [0.25, 0.3) is 0 Å². The first-order chi connectivity index (χ1) is 18.2. The first-order valence-electron chi connectivity index (χ1n) is 12.0. The number of rotatable bonds is 4. The van der Waals surface area contributed by atoms with Gasteiger partial charge in [-0.2, -0.15) is 10.2 Å². The molecular weight excluding hydrogens is 466 g/mol. The predicted octanol–water partition coefficient (Wildman–Crippen LogP) is 2.40. The largest absolute Gasteiger partial charge is 0.383 e. The van der Waals surface area contributed by atoms with Gasteiger partial charge in [0, 0.05) is 18.3 Å². The number of piperazine rings is 1. The lowest BCUT2D eigenvalue weighted by Crippen LogP contribution is -2.52. The summed E-state index contributed by atoms with van der Waals surface area (Å²) < 4.78 is 2.10. The Kier molecular flexibility index (Phi) is 4.72. The molecule has 37 heavy (non-hydrogen) atoms. The fourth-order valence-corrected chi connectivity index (χ4v) is 5.36. The van der Waals surface area contributed by atoms with Gasteiger partial charge in [0.05, 0.1) is 29.9 Å². The number of benzene rings is 1. The highest BCUT2D eigenvalue weighted by atomic mass is 15.6. The second kappa shape index (κ2) is 8.23. The van der Waals surface area contributed by atoms with Crippen molar-refractivity contribution in [2.45, 2.75) is 18.5 Å². The SMILES string of the molecule is N#Cc1ncnc(N2C[C@H]3C[C@@H]2CN3n2c(-c3cccnc3N)nc3ccc(-c4ccccc4)nc32)n1. The molecule has 1 aromatic carbocycles. The van der Waals surface area contributed by atoms with Crippen molar-refractivity contribution >= 4 is 22.9 Å². The Morgan fingerprint density at radius 3 is 2.57 bits per heavy atom. The van der Waals surface area contributed by atoms with Crippen LogP contribution >= 0.6 is 0 Å². The maximum Gasteiger partial charge on any atom is 0.236 e. The van der Waals surface area contributed by atoms with Gasteiger partial charge in [-0.05, 0) is 30.7 Å². The number of fused-ring (bicyclic) bond motifs is 3. The van der Waals surface area contributed by atoms with Gasteiger partial charge in [-0.25, -0.2) is 29.6 Å². The van der Waals surface area contributed by atoms with Crippen LogP contribution < -0.4 is 15.6 Å². The van der Waals surface area contributed by atoms with Crippen molar-refractivity contribution < 1.29 is 0 Å². The molecule has 0 spiro atoms. The highest BCUT2D eigenvalue weighted by Crippen LogP contribution is 2.36. The Morgan fingerprint density at radius 2 is 1.78 bits per heavy atom. The quantitative estimate of drug-likeness (QED) is 0.402. The minimum Gasteiger partial charge on any atom is -0.383 e. The van der Waals surface area contributed by atoms with Crippen molar-refractivity contribution in [3.63, 3.8) is 0 Å². The normalized spacial score (nSPS) is 18.5. The number of nitrogen functional groups attached to an aromatic ring is 1. The van der Waals surface area contributed by atoms with Crippen molar-refractivity contribution in [1.29, 1.82) is 5.26 Å². The number of anilines is 2. The van der Waals surface area contributed by atoms with E-state index in [1.54, 1.807) is 6.20 Å². The zero-order valence-corrected chi connectivity index (χ0v) is 19.7. The number of aromatic nitrogens is 7. The Hall–Kier alpha value is -5.11. The zero-order chi connectivity index (χ0) is 24.9. The van der Waals surface area contributed by atoms with E-state index in [1.165, 1.54) is 6.33 Å². The molecule has 0 radical (unpaired) electrons. The Balaban J connectivity index is 1.33. The first kappa shape index (κ1) is 21.2. The van der Waals surface area contributed by atoms with Gasteiger partial charge in [-0.3, -0.25) is 0 Å². The van der Waals surface area contributed by atoms with E-state index in [-0.39, 0.29) is 17.9 Å². The molecule has 2 atom stereocenters. The molecule has 5 aromatic rings. The van der Waals surface area contributed by atoms with Gasteiger partial charge < -0.3 is 15.6 Å². The summed E-state index contributed by atoms with van der Waals surface area (Å²) in [6.07, 6.45) is 4.00. The van der Waals surface area contributed by atoms with E-state index in [1.807, 2.05) is 48.5 Å². The van der Waals surface area contributed by atoms with Crippen LogP contribution in [0.2, 0.25) is 0 Å². The third-order valence-electron chi connectivity index (χ3n) is 7.02. The molecule has 0 aliphatic carbocycles. The van der Waals surface area contributed by atoms with E-state index in [9.17, 15) is 5.26 Å². The number of pyridine rings is 2. The smallest absolute Gasteiger partial charge is 0.236 e. The van der Waals surface area contributed by atoms with Crippen LogP contribution in [-0.4, -0.2) is 59.8 Å². The van der Waals surface area contributed by atoms with Crippen LogP contribution in [0.15, 0.2) is 67.1 Å².